The highest BCUT2D eigenvalue weighted by atomic mass is 35.5. The fourth-order valence-electron chi connectivity index (χ4n) is 1.50. The van der Waals surface area contributed by atoms with Crippen molar-refractivity contribution in [2.24, 2.45) is 0 Å². The van der Waals surface area contributed by atoms with Gasteiger partial charge in [-0.3, -0.25) is 9.36 Å². The Morgan fingerprint density at radius 1 is 1.47 bits per heavy atom. The van der Waals surface area contributed by atoms with E-state index in [4.69, 9.17) is 17.3 Å². The monoisotopic (exact) mass is 278 g/mol. The van der Waals surface area contributed by atoms with E-state index in [2.05, 4.69) is 10.3 Å². The summed E-state index contributed by atoms with van der Waals surface area (Å²) in [6, 6.07) is 6.32. The first-order chi connectivity index (χ1) is 9.06. The molecule has 1 amide bonds. The van der Waals surface area contributed by atoms with Gasteiger partial charge >= 0.3 is 5.69 Å². The Morgan fingerprint density at radius 3 is 2.95 bits per heavy atom. The first-order valence-electron chi connectivity index (χ1n) is 5.42. The number of carbonyl (C=O) groups excluding carboxylic acids is 1. The number of nitrogens with zero attached hydrogens (tertiary/aromatic N) is 2. The van der Waals surface area contributed by atoms with Gasteiger partial charge in [0.25, 0.3) is 0 Å². The molecule has 0 saturated heterocycles. The molecule has 0 aliphatic rings. The minimum atomic E-state index is -0.485. The zero-order valence-electron chi connectivity index (χ0n) is 9.84. The molecule has 2 rings (SSSR count). The molecular weight excluding hydrogens is 268 g/mol. The van der Waals surface area contributed by atoms with Gasteiger partial charge in [-0.2, -0.15) is 0 Å². The Kier molecular flexibility index (Phi) is 3.82. The fourth-order valence-corrected chi connectivity index (χ4v) is 1.68. The molecule has 0 atom stereocenters. The predicted octanol–water partition coefficient (Wildman–Crippen LogP) is 1.12. The molecule has 1 aromatic carbocycles. The van der Waals surface area contributed by atoms with Crippen LogP contribution in [0.1, 0.15) is 0 Å². The normalized spacial score (nSPS) is 10.2. The van der Waals surface area contributed by atoms with Crippen LogP contribution in [0.4, 0.5) is 11.4 Å². The summed E-state index contributed by atoms with van der Waals surface area (Å²) in [5.74, 6) is -0.371. The van der Waals surface area contributed by atoms with Gasteiger partial charge in [0.1, 0.15) is 6.54 Å². The molecule has 1 aromatic heterocycles. The van der Waals surface area contributed by atoms with Crippen LogP contribution in [-0.4, -0.2) is 15.5 Å². The van der Waals surface area contributed by atoms with Crippen LogP contribution in [0.15, 0.2) is 41.5 Å². The summed E-state index contributed by atoms with van der Waals surface area (Å²) in [6.07, 6.45) is 2.86. The number of aromatic nitrogens is 2. The van der Waals surface area contributed by atoms with Crippen LogP contribution in [0.3, 0.4) is 0 Å². The van der Waals surface area contributed by atoms with Crippen molar-refractivity contribution < 1.29 is 4.79 Å². The summed E-state index contributed by atoms with van der Waals surface area (Å²) in [5, 5.41) is 3.09. The number of benzene rings is 1. The van der Waals surface area contributed by atoms with Gasteiger partial charge in [-0.1, -0.05) is 11.6 Å². The molecule has 1 heterocycles. The highest BCUT2D eigenvalue weighted by Gasteiger charge is 2.07. The Labute approximate surface area is 113 Å². The summed E-state index contributed by atoms with van der Waals surface area (Å²) in [5.41, 5.74) is 6.04. The number of amides is 1. The summed E-state index contributed by atoms with van der Waals surface area (Å²) in [4.78, 5) is 26.7. The number of nitrogen functional groups attached to an aromatic ring is 1. The molecule has 6 nitrogen and oxygen atoms in total. The summed E-state index contributed by atoms with van der Waals surface area (Å²) in [7, 11) is 0. The van der Waals surface area contributed by atoms with E-state index in [1.807, 2.05) is 0 Å². The molecule has 7 heteroatoms. The lowest BCUT2D eigenvalue weighted by Gasteiger charge is -2.09. The standard InChI is InChI=1S/C12H11ClN4O2/c13-8-2-3-10(9(14)6-8)16-11(18)7-17-5-1-4-15-12(17)19/h1-6H,7,14H2,(H,16,18). The molecule has 19 heavy (non-hydrogen) atoms. The number of halogens is 1. The fraction of sp³-hybridized carbons (Fsp3) is 0.0833. The molecule has 0 aliphatic heterocycles. The van der Waals surface area contributed by atoms with Crippen molar-refractivity contribution in [1.82, 2.24) is 9.55 Å². The van der Waals surface area contributed by atoms with Crippen molar-refractivity contribution in [2.45, 2.75) is 6.54 Å². The lowest BCUT2D eigenvalue weighted by Crippen LogP contribution is -2.28. The number of nitrogens with one attached hydrogen (secondary N) is 1. The Balaban J connectivity index is 2.10. The van der Waals surface area contributed by atoms with Crippen LogP contribution in [0, 0.1) is 0 Å². The molecule has 2 aromatic rings. The maximum absolute atomic E-state index is 11.8. The SMILES string of the molecule is Nc1cc(Cl)ccc1NC(=O)Cn1cccnc1=O. The second-order valence-corrected chi connectivity index (χ2v) is 4.25. The van der Waals surface area contributed by atoms with Crippen molar-refractivity contribution in [3.8, 4) is 0 Å². The maximum Gasteiger partial charge on any atom is 0.347 e. The van der Waals surface area contributed by atoms with Crippen LogP contribution in [0.5, 0.6) is 0 Å². The smallest absolute Gasteiger partial charge is 0.347 e. The van der Waals surface area contributed by atoms with Crippen LogP contribution in [-0.2, 0) is 11.3 Å². The summed E-state index contributed by atoms with van der Waals surface area (Å²) in [6.45, 7) is -0.130. The lowest BCUT2D eigenvalue weighted by molar-refractivity contribution is -0.116. The third-order valence-corrected chi connectivity index (χ3v) is 2.62. The Bertz CT molecular complexity index is 669. The minimum absolute atomic E-state index is 0.130. The van der Waals surface area contributed by atoms with Gasteiger partial charge in [-0.15, -0.1) is 0 Å². The van der Waals surface area contributed by atoms with Crippen LogP contribution in [0.25, 0.3) is 0 Å². The number of hydrogen-bond acceptors (Lipinski definition) is 4. The van der Waals surface area contributed by atoms with E-state index >= 15 is 0 Å². The van der Waals surface area contributed by atoms with Crippen LogP contribution >= 0.6 is 11.6 Å². The second kappa shape index (κ2) is 5.53. The molecule has 0 bridgehead atoms. The zero-order chi connectivity index (χ0) is 13.8. The van der Waals surface area contributed by atoms with Crippen molar-refractivity contribution in [1.29, 1.82) is 0 Å². The van der Waals surface area contributed by atoms with E-state index in [0.717, 1.165) is 0 Å². The van der Waals surface area contributed by atoms with E-state index in [0.29, 0.717) is 16.4 Å². The lowest BCUT2D eigenvalue weighted by atomic mass is 10.2. The van der Waals surface area contributed by atoms with Gasteiger partial charge in [0.15, 0.2) is 0 Å². The maximum atomic E-state index is 11.8. The summed E-state index contributed by atoms with van der Waals surface area (Å²) >= 11 is 5.76. The average molecular weight is 279 g/mol. The van der Waals surface area contributed by atoms with Gasteiger partial charge in [-0.05, 0) is 24.3 Å². The molecule has 3 N–H and O–H groups in total. The highest BCUT2D eigenvalue weighted by Crippen LogP contribution is 2.22. The zero-order valence-corrected chi connectivity index (χ0v) is 10.6. The molecule has 0 unspecified atom stereocenters. The van der Waals surface area contributed by atoms with E-state index in [1.54, 1.807) is 18.2 Å². The molecular formula is C12H11ClN4O2. The van der Waals surface area contributed by atoms with Gasteiger partial charge in [0.2, 0.25) is 5.91 Å². The van der Waals surface area contributed by atoms with Gasteiger partial charge in [0.05, 0.1) is 11.4 Å². The van der Waals surface area contributed by atoms with Crippen molar-refractivity contribution in [2.75, 3.05) is 11.1 Å². The van der Waals surface area contributed by atoms with Crippen molar-refractivity contribution >= 4 is 28.9 Å². The van der Waals surface area contributed by atoms with E-state index < -0.39 is 5.69 Å². The molecule has 0 fully saturated rings. The molecule has 0 spiro atoms. The number of hydrogen-bond donors (Lipinski definition) is 2. The van der Waals surface area contributed by atoms with E-state index in [-0.39, 0.29) is 12.5 Å². The van der Waals surface area contributed by atoms with Gasteiger partial charge in [-0.25, -0.2) is 9.78 Å². The second-order valence-electron chi connectivity index (χ2n) is 3.81. The largest absolute Gasteiger partial charge is 0.397 e. The number of carbonyl (C=O) groups is 1. The van der Waals surface area contributed by atoms with Crippen LogP contribution in [0.2, 0.25) is 5.02 Å². The minimum Gasteiger partial charge on any atom is -0.397 e. The van der Waals surface area contributed by atoms with Crippen molar-refractivity contribution in [3.05, 3.63) is 52.2 Å². The molecule has 0 saturated carbocycles. The number of rotatable bonds is 3. The highest BCUT2D eigenvalue weighted by molar-refractivity contribution is 6.31. The topological polar surface area (TPSA) is 90.0 Å². The molecule has 0 radical (unpaired) electrons. The molecule has 98 valence electrons. The van der Waals surface area contributed by atoms with Gasteiger partial charge < -0.3 is 11.1 Å². The summed E-state index contributed by atoms with van der Waals surface area (Å²) < 4.78 is 1.20. The molecule has 0 aliphatic carbocycles. The third-order valence-electron chi connectivity index (χ3n) is 2.38. The van der Waals surface area contributed by atoms with E-state index in [9.17, 15) is 9.59 Å². The Morgan fingerprint density at radius 2 is 2.26 bits per heavy atom. The number of nitrogens with two attached hydrogens (primary N) is 1. The third kappa shape index (κ3) is 3.32. The number of anilines is 2. The first-order valence-corrected chi connectivity index (χ1v) is 5.80. The average Bonchev–Trinajstić information content (AvgIpc) is 2.36. The van der Waals surface area contributed by atoms with Crippen LogP contribution < -0.4 is 16.7 Å². The Hall–Kier alpha value is -2.34. The van der Waals surface area contributed by atoms with Crippen molar-refractivity contribution in [3.63, 3.8) is 0 Å². The first kappa shape index (κ1) is 13.1. The quantitative estimate of drug-likeness (QED) is 0.823. The van der Waals surface area contributed by atoms with E-state index in [1.165, 1.54) is 23.0 Å². The predicted molar refractivity (Wildman–Crippen MR) is 73.0 cm³/mol. The van der Waals surface area contributed by atoms with Gasteiger partial charge in [0, 0.05) is 17.4 Å².